The minimum absolute atomic E-state index is 0.190. The van der Waals surface area contributed by atoms with E-state index in [1.54, 1.807) is 0 Å². The number of benzene rings is 1. The Morgan fingerprint density at radius 2 is 1.68 bits per heavy atom. The highest BCUT2D eigenvalue weighted by atomic mass is 19.1. The van der Waals surface area contributed by atoms with Gasteiger partial charge >= 0.3 is 0 Å². The van der Waals surface area contributed by atoms with Crippen LogP contribution in [0.2, 0.25) is 0 Å². The van der Waals surface area contributed by atoms with Gasteiger partial charge in [0.2, 0.25) is 0 Å². The molecule has 1 aromatic rings. The molecule has 1 aliphatic carbocycles. The lowest BCUT2D eigenvalue weighted by atomic mass is 9.94. The van der Waals surface area contributed by atoms with Crippen LogP contribution in [0.25, 0.3) is 0 Å². The SMILES string of the molecule is OC1(CNCCc2ccc(F)cc2)CCCCCC1. The quantitative estimate of drug-likeness (QED) is 0.633. The van der Waals surface area contributed by atoms with Gasteiger partial charge in [0.15, 0.2) is 0 Å². The van der Waals surface area contributed by atoms with Crippen LogP contribution in [0.5, 0.6) is 0 Å². The third-order valence-electron chi connectivity index (χ3n) is 3.99. The molecule has 0 saturated heterocycles. The second-order valence-corrected chi connectivity index (χ2v) is 5.69. The Kier molecular flexibility index (Phi) is 5.34. The molecule has 1 aliphatic rings. The molecule has 19 heavy (non-hydrogen) atoms. The minimum atomic E-state index is -0.515. The molecule has 1 aromatic carbocycles. The summed E-state index contributed by atoms with van der Waals surface area (Å²) in [6, 6.07) is 6.62. The molecule has 106 valence electrons. The summed E-state index contributed by atoms with van der Waals surface area (Å²) in [5.74, 6) is -0.190. The Labute approximate surface area is 115 Å². The van der Waals surface area contributed by atoms with E-state index in [9.17, 15) is 9.50 Å². The van der Waals surface area contributed by atoms with Gasteiger partial charge in [0.05, 0.1) is 5.60 Å². The number of hydrogen-bond donors (Lipinski definition) is 2. The van der Waals surface area contributed by atoms with E-state index < -0.39 is 5.60 Å². The van der Waals surface area contributed by atoms with E-state index in [0.717, 1.165) is 44.2 Å². The number of nitrogens with one attached hydrogen (secondary N) is 1. The highest BCUT2D eigenvalue weighted by molar-refractivity contribution is 5.16. The van der Waals surface area contributed by atoms with Crippen molar-refractivity contribution in [1.29, 1.82) is 0 Å². The van der Waals surface area contributed by atoms with Crippen LogP contribution >= 0.6 is 0 Å². The van der Waals surface area contributed by atoms with Gasteiger partial charge in [-0.2, -0.15) is 0 Å². The smallest absolute Gasteiger partial charge is 0.123 e. The van der Waals surface area contributed by atoms with Crippen molar-refractivity contribution < 1.29 is 9.50 Å². The number of halogens is 1. The van der Waals surface area contributed by atoms with Crippen molar-refractivity contribution in [3.63, 3.8) is 0 Å². The van der Waals surface area contributed by atoms with Gasteiger partial charge in [-0.15, -0.1) is 0 Å². The van der Waals surface area contributed by atoms with E-state index in [2.05, 4.69) is 5.32 Å². The van der Waals surface area contributed by atoms with E-state index in [1.807, 2.05) is 12.1 Å². The zero-order valence-corrected chi connectivity index (χ0v) is 11.5. The molecule has 0 heterocycles. The molecule has 0 unspecified atom stereocenters. The first-order chi connectivity index (χ1) is 9.18. The van der Waals surface area contributed by atoms with Gasteiger partial charge in [-0.25, -0.2) is 4.39 Å². The van der Waals surface area contributed by atoms with Gasteiger partial charge in [-0.05, 0) is 43.5 Å². The van der Waals surface area contributed by atoms with E-state index >= 15 is 0 Å². The Hall–Kier alpha value is -0.930. The summed E-state index contributed by atoms with van der Waals surface area (Å²) in [5, 5.41) is 13.8. The van der Waals surface area contributed by atoms with Crippen molar-refractivity contribution in [1.82, 2.24) is 5.32 Å². The van der Waals surface area contributed by atoms with Gasteiger partial charge in [-0.3, -0.25) is 0 Å². The van der Waals surface area contributed by atoms with Crippen molar-refractivity contribution >= 4 is 0 Å². The van der Waals surface area contributed by atoms with Crippen LogP contribution in [0, 0.1) is 5.82 Å². The standard InChI is InChI=1S/C16H24FNO/c17-15-7-5-14(6-8-15)9-12-18-13-16(19)10-3-1-2-4-11-16/h5-8,18-19H,1-4,9-13H2. The summed E-state index contributed by atoms with van der Waals surface area (Å²) in [6.45, 7) is 1.50. The van der Waals surface area contributed by atoms with Crippen LogP contribution in [-0.4, -0.2) is 23.8 Å². The third kappa shape index (κ3) is 4.92. The molecule has 2 N–H and O–H groups in total. The van der Waals surface area contributed by atoms with Crippen molar-refractivity contribution in [3.05, 3.63) is 35.6 Å². The lowest BCUT2D eigenvalue weighted by Gasteiger charge is -2.27. The molecule has 0 spiro atoms. The molecule has 0 amide bonds. The summed E-state index contributed by atoms with van der Waals surface area (Å²) in [6.07, 6.45) is 7.46. The average Bonchev–Trinajstić information content (AvgIpc) is 2.62. The van der Waals surface area contributed by atoms with E-state index in [1.165, 1.54) is 25.0 Å². The fraction of sp³-hybridized carbons (Fsp3) is 0.625. The van der Waals surface area contributed by atoms with E-state index in [0.29, 0.717) is 6.54 Å². The first-order valence-electron chi connectivity index (χ1n) is 7.36. The highest BCUT2D eigenvalue weighted by Gasteiger charge is 2.27. The lowest BCUT2D eigenvalue weighted by Crippen LogP contribution is -2.40. The predicted octanol–water partition coefficient (Wildman–Crippen LogP) is 3.04. The molecule has 2 nitrogen and oxygen atoms in total. The van der Waals surface area contributed by atoms with Gasteiger partial charge in [-0.1, -0.05) is 37.8 Å². The first kappa shape index (κ1) is 14.5. The maximum atomic E-state index is 12.8. The first-order valence-corrected chi connectivity index (χ1v) is 7.36. The molecular weight excluding hydrogens is 241 g/mol. The topological polar surface area (TPSA) is 32.3 Å². The number of hydrogen-bond acceptors (Lipinski definition) is 2. The largest absolute Gasteiger partial charge is 0.389 e. The molecule has 1 saturated carbocycles. The summed E-state index contributed by atoms with van der Waals surface area (Å²) < 4.78 is 12.8. The van der Waals surface area contributed by atoms with Gasteiger partial charge in [0.25, 0.3) is 0 Å². The summed E-state index contributed by atoms with van der Waals surface area (Å²) in [7, 11) is 0. The van der Waals surface area contributed by atoms with Crippen LogP contribution in [0.15, 0.2) is 24.3 Å². The molecule has 0 aromatic heterocycles. The number of rotatable bonds is 5. The fourth-order valence-electron chi connectivity index (χ4n) is 2.77. The molecule has 1 fully saturated rings. The van der Waals surface area contributed by atoms with Gasteiger partial charge in [0, 0.05) is 6.54 Å². The Morgan fingerprint density at radius 1 is 1.05 bits per heavy atom. The summed E-state index contributed by atoms with van der Waals surface area (Å²) in [4.78, 5) is 0. The number of aliphatic hydroxyl groups is 1. The van der Waals surface area contributed by atoms with Crippen LogP contribution in [0.3, 0.4) is 0 Å². The molecule has 0 aliphatic heterocycles. The second-order valence-electron chi connectivity index (χ2n) is 5.69. The molecule has 2 rings (SSSR count). The monoisotopic (exact) mass is 265 g/mol. The van der Waals surface area contributed by atoms with E-state index in [-0.39, 0.29) is 5.82 Å². The van der Waals surface area contributed by atoms with Crippen molar-refractivity contribution in [2.45, 2.75) is 50.5 Å². The highest BCUT2D eigenvalue weighted by Crippen LogP contribution is 2.26. The van der Waals surface area contributed by atoms with Gasteiger partial charge < -0.3 is 10.4 Å². The van der Waals surface area contributed by atoms with Crippen molar-refractivity contribution in [2.75, 3.05) is 13.1 Å². The summed E-state index contributed by atoms with van der Waals surface area (Å²) in [5.41, 5.74) is 0.612. The van der Waals surface area contributed by atoms with Gasteiger partial charge in [0.1, 0.15) is 5.82 Å². The second kappa shape index (κ2) is 7.01. The molecule has 0 bridgehead atoms. The lowest BCUT2D eigenvalue weighted by molar-refractivity contribution is 0.0256. The minimum Gasteiger partial charge on any atom is -0.389 e. The molecule has 3 heteroatoms. The molecule has 0 atom stereocenters. The normalized spacial score (nSPS) is 19.1. The predicted molar refractivity (Wildman–Crippen MR) is 75.6 cm³/mol. The maximum absolute atomic E-state index is 12.8. The Morgan fingerprint density at radius 3 is 2.32 bits per heavy atom. The summed E-state index contributed by atoms with van der Waals surface area (Å²) >= 11 is 0. The van der Waals surface area contributed by atoms with E-state index in [4.69, 9.17) is 0 Å². The van der Waals surface area contributed by atoms with Crippen LogP contribution in [-0.2, 0) is 6.42 Å². The molecular formula is C16H24FNO. The Balaban J connectivity index is 1.69. The van der Waals surface area contributed by atoms with Crippen LogP contribution in [0.4, 0.5) is 4.39 Å². The fourth-order valence-corrected chi connectivity index (χ4v) is 2.77. The Bertz CT molecular complexity index is 369. The van der Waals surface area contributed by atoms with Crippen LogP contribution in [0.1, 0.15) is 44.1 Å². The van der Waals surface area contributed by atoms with Crippen molar-refractivity contribution in [2.24, 2.45) is 0 Å². The zero-order chi connectivity index (χ0) is 13.6. The van der Waals surface area contributed by atoms with Crippen LogP contribution < -0.4 is 5.32 Å². The van der Waals surface area contributed by atoms with Crippen molar-refractivity contribution in [3.8, 4) is 0 Å². The third-order valence-corrected chi connectivity index (χ3v) is 3.99. The molecule has 0 radical (unpaired) electrons. The average molecular weight is 265 g/mol. The maximum Gasteiger partial charge on any atom is 0.123 e. The zero-order valence-electron chi connectivity index (χ0n) is 11.5.